The van der Waals surface area contributed by atoms with Crippen LogP contribution in [0.2, 0.25) is 0 Å². The van der Waals surface area contributed by atoms with Crippen LogP contribution in [-0.2, 0) is 0 Å². The van der Waals surface area contributed by atoms with E-state index in [0.29, 0.717) is 18.0 Å². The Morgan fingerprint density at radius 2 is 1.46 bits per heavy atom. The van der Waals surface area contributed by atoms with Crippen LogP contribution in [0.5, 0.6) is 0 Å². The maximum Gasteiger partial charge on any atom is 0.0990 e. The highest BCUT2D eigenvalue weighted by Crippen LogP contribution is 2.57. The number of nitriles is 1. The fourth-order valence-electron chi connectivity index (χ4n) is 8.71. The van der Waals surface area contributed by atoms with Crippen LogP contribution in [0.1, 0.15) is 148 Å². The van der Waals surface area contributed by atoms with Gasteiger partial charge in [-0.05, 0) is 69.6 Å². The second-order valence-corrected chi connectivity index (χ2v) is 13.2. The molecule has 35 heavy (non-hydrogen) atoms. The van der Waals surface area contributed by atoms with Crippen molar-refractivity contribution in [1.82, 2.24) is 10.2 Å². The van der Waals surface area contributed by atoms with Crippen molar-refractivity contribution < 1.29 is 5.11 Å². The quantitative estimate of drug-likeness (QED) is 0.210. The van der Waals surface area contributed by atoms with Crippen molar-refractivity contribution >= 4 is 0 Å². The maximum absolute atomic E-state index is 11.2. The molecule has 0 aromatic carbocycles. The largest absolute Gasteiger partial charge is 0.390 e. The standard InChI is InChI=1S/C31H55N3O/c1-2-3-4-5-6-7-8-9-10-11-12-13-14-17-29(34-18-15-16-28(34)24-32)33-30-20-26-19-27(21-30)23-31(35,22-26)25-30/h26-29,33,35H,2-23,25H2,1H3/t26?,27?,28?,29-,30?,31?/m0/s1. The zero-order valence-corrected chi connectivity index (χ0v) is 22.9. The second kappa shape index (κ2) is 13.3. The Bertz CT molecular complexity index is 659. The Morgan fingerprint density at radius 3 is 2.00 bits per heavy atom. The van der Waals surface area contributed by atoms with E-state index in [9.17, 15) is 10.4 Å². The molecule has 0 radical (unpaired) electrons. The number of rotatable bonds is 17. The summed E-state index contributed by atoms with van der Waals surface area (Å²) in [5.41, 5.74) is -0.306. The smallest absolute Gasteiger partial charge is 0.0990 e. The SMILES string of the molecule is CCCCCCCCCCCCCCC[C@@H](NC12CC3CC(CC(O)(C3)C1)C2)N1CCCC1C#N. The summed E-state index contributed by atoms with van der Waals surface area (Å²) in [7, 11) is 0. The fourth-order valence-corrected chi connectivity index (χ4v) is 8.71. The van der Waals surface area contributed by atoms with Gasteiger partial charge in [0.05, 0.1) is 23.9 Å². The van der Waals surface area contributed by atoms with Gasteiger partial charge in [0.25, 0.3) is 0 Å². The van der Waals surface area contributed by atoms with Crippen molar-refractivity contribution in [2.45, 2.75) is 172 Å². The highest BCUT2D eigenvalue weighted by Gasteiger charge is 2.57. The summed E-state index contributed by atoms with van der Waals surface area (Å²) in [6, 6.07) is 2.67. The third kappa shape index (κ3) is 7.68. The van der Waals surface area contributed by atoms with Crippen LogP contribution in [0.3, 0.4) is 0 Å². The normalized spacial score (nSPS) is 34.9. The van der Waals surface area contributed by atoms with Crippen LogP contribution in [0.4, 0.5) is 0 Å². The van der Waals surface area contributed by atoms with Gasteiger partial charge in [-0.25, -0.2) is 0 Å². The van der Waals surface area contributed by atoms with Gasteiger partial charge in [-0.2, -0.15) is 5.26 Å². The van der Waals surface area contributed by atoms with Crippen LogP contribution in [-0.4, -0.2) is 39.9 Å². The Balaban J connectivity index is 1.17. The number of nitrogens with zero attached hydrogens (tertiary/aromatic N) is 2. The third-order valence-electron chi connectivity index (χ3n) is 9.93. The van der Waals surface area contributed by atoms with Crippen molar-refractivity contribution in [2.24, 2.45) is 11.8 Å². The van der Waals surface area contributed by atoms with E-state index in [2.05, 4.69) is 23.2 Å². The van der Waals surface area contributed by atoms with Crippen molar-refractivity contribution in [1.29, 1.82) is 5.26 Å². The van der Waals surface area contributed by atoms with E-state index in [4.69, 9.17) is 0 Å². The average Bonchev–Trinajstić information content (AvgIpc) is 3.28. The van der Waals surface area contributed by atoms with Crippen molar-refractivity contribution in [3.63, 3.8) is 0 Å². The molecular formula is C31H55N3O. The van der Waals surface area contributed by atoms with Gasteiger partial charge >= 0.3 is 0 Å². The molecular weight excluding hydrogens is 430 g/mol. The lowest BCUT2D eigenvalue weighted by Gasteiger charge is -2.61. The van der Waals surface area contributed by atoms with E-state index >= 15 is 0 Å². The van der Waals surface area contributed by atoms with Gasteiger partial charge in [0.1, 0.15) is 0 Å². The van der Waals surface area contributed by atoms with Gasteiger partial charge in [0.2, 0.25) is 0 Å². The van der Waals surface area contributed by atoms with Gasteiger partial charge in [-0.3, -0.25) is 10.2 Å². The van der Waals surface area contributed by atoms with Crippen LogP contribution in [0, 0.1) is 23.2 Å². The van der Waals surface area contributed by atoms with E-state index < -0.39 is 5.60 Å². The first-order valence-electron chi connectivity index (χ1n) is 15.7. The minimum Gasteiger partial charge on any atom is -0.390 e. The Morgan fingerprint density at radius 1 is 0.886 bits per heavy atom. The lowest BCUT2D eigenvalue weighted by molar-refractivity contribution is -0.148. The molecule has 0 aromatic rings. The molecule has 1 heterocycles. The van der Waals surface area contributed by atoms with Crippen LogP contribution in [0.25, 0.3) is 0 Å². The summed E-state index contributed by atoms with van der Waals surface area (Å²) in [4.78, 5) is 2.49. The molecule has 4 bridgehead atoms. The molecule has 5 fully saturated rings. The van der Waals surface area contributed by atoms with E-state index in [1.807, 2.05) is 0 Å². The average molecular weight is 486 g/mol. The highest BCUT2D eigenvalue weighted by atomic mass is 16.3. The predicted molar refractivity (Wildman–Crippen MR) is 145 cm³/mol. The first-order valence-corrected chi connectivity index (χ1v) is 15.7. The summed E-state index contributed by atoms with van der Waals surface area (Å²) < 4.78 is 0. The Hall–Kier alpha value is -0.630. The summed E-state index contributed by atoms with van der Waals surface area (Å²) in [5, 5.41) is 25.2. The lowest BCUT2D eigenvalue weighted by atomic mass is 9.51. The molecule has 4 aliphatic carbocycles. The van der Waals surface area contributed by atoms with Crippen molar-refractivity contribution in [2.75, 3.05) is 6.54 Å². The molecule has 4 nitrogen and oxygen atoms in total. The summed E-state index contributed by atoms with van der Waals surface area (Å²) >= 11 is 0. The van der Waals surface area contributed by atoms with Gasteiger partial charge in [-0.1, -0.05) is 90.4 Å². The zero-order valence-electron chi connectivity index (χ0n) is 22.9. The molecule has 3 unspecified atom stereocenters. The van der Waals surface area contributed by atoms with Gasteiger partial charge < -0.3 is 5.11 Å². The molecule has 4 heteroatoms. The van der Waals surface area contributed by atoms with E-state index in [1.54, 1.807) is 0 Å². The molecule has 2 N–H and O–H groups in total. The Kier molecular flexibility index (Phi) is 10.4. The zero-order chi connectivity index (χ0) is 24.6. The molecule has 0 amide bonds. The van der Waals surface area contributed by atoms with Crippen molar-refractivity contribution in [3.05, 3.63) is 0 Å². The van der Waals surface area contributed by atoms with Gasteiger partial charge in [0, 0.05) is 12.1 Å². The summed E-state index contributed by atoms with van der Waals surface area (Å²) in [5.74, 6) is 1.41. The first kappa shape index (κ1) is 27.4. The fraction of sp³-hybridized carbons (Fsp3) is 0.968. The highest BCUT2D eigenvalue weighted by molar-refractivity contribution is 5.13. The minimum absolute atomic E-state index is 0.0754. The van der Waals surface area contributed by atoms with E-state index in [-0.39, 0.29) is 11.6 Å². The van der Waals surface area contributed by atoms with Gasteiger partial charge in [0.15, 0.2) is 0 Å². The number of likely N-dealkylation sites (tertiary alicyclic amines) is 1. The minimum atomic E-state index is -0.420. The van der Waals surface area contributed by atoms with Crippen LogP contribution < -0.4 is 5.32 Å². The van der Waals surface area contributed by atoms with E-state index in [1.165, 1.54) is 103 Å². The topological polar surface area (TPSA) is 59.3 Å². The maximum atomic E-state index is 11.2. The third-order valence-corrected chi connectivity index (χ3v) is 9.93. The molecule has 5 rings (SSSR count). The molecule has 200 valence electrons. The monoisotopic (exact) mass is 485 g/mol. The lowest BCUT2D eigenvalue weighted by Crippen LogP contribution is -2.68. The first-order chi connectivity index (χ1) is 17.0. The number of hydrogen-bond acceptors (Lipinski definition) is 4. The Labute approximate surface area is 216 Å². The number of hydrogen-bond donors (Lipinski definition) is 2. The number of aliphatic hydroxyl groups is 1. The summed E-state index contributed by atoms with van der Waals surface area (Å²) in [6.45, 7) is 3.35. The number of nitrogens with one attached hydrogen (secondary N) is 1. The molecule has 4 atom stereocenters. The molecule has 1 aliphatic heterocycles. The second-order valence-electron chi connectivity index (χ2n) is 13.2. The van der Waals surface area contributed by atoms with Gasteiger partial charge in [-0.15, -0.1) is 0 Å². The van der Waals surface area contributed by atoms with E-state index in [0.717, 1.165) is 45.1 Å². The van der Waals surface area contributed by atoms with Crippen molar-refractivity contribution in [3.8, 4) is 6.07 Å². The number of unbranched alkanes of at least 4 members (excludes halogenated alkanes) is 12. The molecule has 0 spiro atoms. The van der Waals surface area contributed by atoms with Crippen LogP contribution in [0.15, 0.2) is 0 Å². The van der Waals surface area contributed by atoms with Crippen LogP contribution >= 0.6 is 0 Å². The molecule has 4 saturated carbocycles. The molecule has 0 aromatic heterocycles. The summed E-state index contributed by atoms with van der Waals surface area (Å²) in [6.07, 6.45) is 28.6. The molecule has 5 aliphatic rings. The predicted octanol–water partition coefficient (Wildman–Crippen LogP) is 7.46. The molecule has 1 saturated heterocycles.